The maximum absolute atomic E-state index is 8.84. The number of hydrogen-bond acceptors (Lipinski definition) is 4. The van der Waals surface area contributed by atoms with Gasteiger partial charge in [-0.25, -0.2) is 4.68 Å². The predicted octanol–water partition coefficient (Wildman–Crippen LogP) is 2.63. The van der Waals surface area contributed by atoms with Gasteiger partial charge in [-0.05, 0) is 44.0 Å². The van der Waals surface area contributed by atoms with E-state index in [1.54, 1.807) is 0 Å². The summed E-state index contributed by atoms with van der Waals surface area (Å²) in [7, 11) is 0. The molecule has 0 amide bonds. The van der Waals surface area contributed by atoms with E-state index in [1.165, 1.54) is 0 Å². The van der Waals surface area contributed by atoms with Gasteiger partial charge >= 0.3 is 0 Å². The Kier molecular flexibility index (Phi) is 6.02. The number of aromatic nitrogens is 3. The highest BCUT2D eigenvalue weighted by molar-refractivity contribution is 6.30. The second-order valence-corrected chi connectivity index (χ2v) is 5.26. The Labute approximate surface area is 129 Å². The molecule has 0 saturated carbocycles. The van der Waals surface area contributed by atoms with E-state index in [1.807, 2.05) is 35.9 Å². The van der Waals surface area contributed by atoms with Crippen LogP contribution in [0.2, 0.25) is 5.02 Å². The highest BCUT2D eigenvalue weighted by atomic mass is 35.5. The molecule has 2 aromatic rings. The first-order valence-corrected chi connectivity index (χ1v) is 7.46. The van der Waals surface area contributed by atoms with Gasteiger partial charge in [0.2, 0.25) is 0 Å². The first-order chi connectivity index (χ1) is 10.2. The van der Waals surface area contributed by atoms with Crippen molar-refractivity contribution in [2.24, 2.45) is 0 Å². The molecule has 0 unspecified atom stereocenters. The Bertz CT molecular complexity index is 555. The van der Waals surface area contributed by atoms with Crippen molar-refractivity contribution in [3.8, 4) is 5.75 Å². The fraction of sp³-hybridized carbons (Fsp3) is 0.467. The van der Waals surface area contributed by atoms with E-state index in [0.29, 0.717) is 11.6 Å². The molecule has 5 nitrogen and oxygen atoms in total. The normalized spacial score (nSPS) is 10.8. The highest BCUT2D eigenvalue weighted by Crippen LogP contribution is 2.15. The van der Waals surface area contributed by atoms with Gasteiger partial charge in [0, 0.05) is 24.6 Å². The zero-order chi connectivity index (χ0) is 15.1. The van der Waals surface area contributed by atoms with Crippen molar-refractivity contribution in [2.75, 3.05) is 13.2 Å². The van der Waals surface area contributed by atoms with Crippen molar-refractivity contribution in [3.63, 3.8) is 0 Å². The van der Waals surface area contributed by atoms with Crippen LogP contribution in [-0.2, 0) is 13.0 Å². The van der Waals surface area contributed by atoms with Crippen molar-refractivity contribution >= 4 is 11.6 Å². The number of ether oxygens (including phenoxy) is 1. The molecule has 21 heavy (non-hydrogen) atoms. The van der Waals surface area contributed by atoms with Crippen molar-refractivity contribution in [1.82, 2.24) is 15.0 Å². The van der Waals surface area contributed by atoms with Crippen LogP contribution in [0.15, 0.2) is 24.3 Å². The largest absolute Gasteiger partial charge is 0.494 e. The predicted molar refractivity (Wildman–Crippen MR) is 81.7 cm³/mol. The molecule has 0 atom stereocenters. The average molecular weight is 310 g/mol. The second kappa shape index (κ2) is 8.00. The molecule has 0 radical (unpaired) electrons. The fourth-order valence-electron chi connectivity index (χ4n) is 2.02. The number of halogens is 1. The van der Waals surface area contributed by atoms with Gasteiger partial charge in [-0.1, -0.05) is 16.8 Å². The molecule has 0 saturated heterocycles. The minimum Gasteiger partial charge on any atom is -0.494 e. The number of hydrogen-bond donors (Lipinski definition) is 1. The molecule has 0 fully saturated rings. The number of rotatable bonds is 8. The van der Waals surface area contributed by atoms with Gasteiger partial charge in [0.1, 0.15) is 5.75 Å². The number of aliphatic hydroxyl groups excluding tert-OH is 1. The van der Waals surface area contributed by atoms with E-state index in [0.717, 1.165) is 42.9 Å². The van der Waals surface area contributed by atoms with Gasteiger partial charge in [0.25, 0.3) is 0 Å². The van der Waals surface area contributed by atoms with Crippen LogP contribution >= 0.6 is 11.6 Å². The van der Waals surface area contributed by atoms with Gasteiger partial charge in [-0.3, -0.25) is 0 Å². The Hall–Kier alpha value is -1.59. The Balaban J connectivity index is 1.75. The van der Waals surface area contributed by atoms with Crippen LogP contribution in [0.1, 0.15) is 24.2 Å². The summed E-state index contributed by atoms with van der Waals surface area (Å²) in [6, 6.07) is 7.34. The van der Waals surface area contributed by atoms with E-state index < -0.39 is 0 Å². The van der Waals surface area contributed by atoms with Crippen LogP contribution in [0.25, 0.3) is 0 Å². The van der Waals surface area contributed by atoms with Crippen LogP contribution in [0.5, 0.6) is 5.75 Å². The van der Waals surface area contributed by atoms with Crippen molar-refractivity contribution < 1.29 is 9.84 Å². The monoisotopic (exact) mass is 309 g/mol. The van der Waals surface area contributed by atoms with Crippen molar-refractivity contribution in [2.45, 2.75) is 32.7 Å². The quantitative estimate of drug-likeness (QED) is 0.762. The molecule has 0 aliphatic rings. The molecule has 0 bridgehead atoms. The number of nitrogens with zero attached hydrogens (tertiary/aromatic N) is 3. The lowest BCUT2D eigenvalue weighted by Gasteiger charge is -2.07. The van der Waals surface area contributed by atoms with E-state index in [-0.39, 0.29) is 6.61 Å². The summed E-state index contributed by atoms with van der Waals surface area (Å²) in [5.41, 5.74) is 2.03. The standard InChI is InChI=1S/C15H20ClN3O2/c1-12-15(4-2-10-20)17-18-19(12)9-3-11-21-14-7-5-13(16)6-8-14/h5-8,20H,2-4,9-11H2,1H3. The highest BCUT2D eigenvalue weighted by Gasteiger charge is 2.07. The van der Waals surface area contributed by atoms with Crippen LogP contribution in [0.3, 0.4) is 0 Å². The molecule has 1 aromatic heterocycles. The molecule has 114 valence electrons. The first kappa shape index (κ1) is 15.8. The molecular formula is C15H20ClN3O2. The zero-order valence-corrected chi connectivity index (χ0v) is 12.9. The van der Waals surface area contributed by atoms with Crippen LogP contribution in [0, 0.1) is 6.92 Å². The third-order valence-corrected chi connectivity index (χ3v) is 3.50. The third-order valence-electron chi connectivity index (χ3n) is 3.25. The maximum atomic E-state index is 8.84. The van der Waals surface area contributed by atoms with Crippen molar-refractivity contribution in [1.29, 1.82) is 0 Å². The van der Waals surface area contributed by atoms with Gasteiger partial charge in [-0.2, -0.15) is 0 Å². The van der Waals surface area contributed by atoms with E-state index >= 15 is 0 Å². The molecule has 0 aliphatic carbocycles. The van der Waals surface area contributed by atoms with Gasteiger partial charge in [-0.15, -0.1) is 5.10 Å². The molecule has 1 heterocycles. The lowest BCUT2D eigenvalue weighted by molar-refractivity contribution is 0.288. The fourth-order valence-corrected chi connectivity index (χ4v) is 2.15. The molecular weight excluding hydrogens is 290 g/mol. The summed E-state index contributed by atoms with van der Waals surface area (Å²) in [6.07, 6.45) is 2.34. The smallest absolute Gasteiger partial charge is 0.119 e. The number of aryl methyl sites for hydroxylation is 2. The first-order valence-electron chi connectivity index (χ1n) is 7.09. The summed E-state index contributed by atoms with van der Waals surface area (Å²) in [6.45, 7) is 3.58. The molecule has 2 rings (SSSR count). The summed E-state index contributed by atoms with van der Waals surface area (Å²) in [5, 5.41) is 17.8. The maximum Gasteiger partial charge on any atom is 0.119 e. The minimum absolute atomic E-state index is 0.182. The number of aliphatic hydroxyl groups is 1. The summed E-state index contributed by atoms with van der Waals surface area (Å²) in [4.78, 5) is 0. The molecule has 0 spiro atoms. The molecule has 0 aliphatic heterocycles. The Morgan fingerprint density at radius 1 is 1.24 bits per heavy atom. The minimum atomic E-state index is 0.182. The summed E-state index contributed by atoms with van der Waals surface area (Å²) < 4.78 is 7.53. The van der Waals surface area contributed by atoms with Gasteiger partial charge in [0.05, 0.1) is 18.0 Å². The van der Waals surface area contributed by atoms with E-state index in [4.69, 9.17) is 21.4 Å². The summed E-state index contributed by atoms with van der Waals surface area (Å²) in [5.74, 6) is 0.818. The second-order valence-electron chi connectivity index (χ2n) is 4.83. The van der Waals surface area contributed by atoms with E-state index in [2.05, 4.69) is 10.3 Å². The molecule has 1 N–H and O–H groups in total. The third kappa shape index (κ3) is 4.72. The summed E-state index contributed by atoms with van der Waals surface area (Å²) >= 11 is 5.82. The molecule has 1 aromatic carbocycles. The van der Waals surface area contributed by atoms with Crippen molar-refractivity contribution in [3.05, 3.63) is 40.7 Å². The van der Waals surface area contributed by atoms with E-state index in [9.17, 15) is 0 Å². The average Bonchev–Trinajstić information content (AvgIpc) is 2.84. The topological polar surface area (TPSA) is 60.2 Å². The Morgan fingerprint density at radius 2 is 2.00 bits per heavy atom. The van der Waals surface area contributed by atoms with Crippen LogP contribution < -0.4 is 4.74 Å². The van der Waals surface area contributed by atoms with Gasteiger partial charge in [0.15, 0.2) is 0 Å². The zero-order valence-electron chi connectivity index (χ0n) is 12.1. The van der Waals surface area contributed by atoms with Gasteiger partial charge < -0.3 is 9.84 Å². The lowest BCUT2D eigenvalue weighted by Crippen LogP contribution is -2.07. The lowest BCUT2D eigenvalue weighted by atomic mass is 10.2. The van der Waals surface area contributed by atoms with Crippen LogP contribution in [-0.4, -0.2) is 33.3 Å². The number of benzene rings is 1. The molecule has 6 heteroatoms. The van der Waals surface area contributed by atoms with Crippen LogP contribution in [0.4, 0.5) is 0 Å². The Morgan fingerprint density at radius 3 is 2.71 bits per heavy atom. The SMILES string of the molecule is Cc1c(CCCO)nnn1CCCOc1ccc(Cl)cc1.